The number of nitrogens with zero attached hydrogens (tertiary/aromatic N) is 4. The lowest BCUT2D eigenvalue weighted by atomic mass is 10.1. The fourth-order valence-corrected chi connectivity index (χ4v) is 3.24. The van der Waals surface area contributed by atoms with Crippen LogP contribution < -0.4 is 4.74 Å². The topological polar surface area (TPSA) is 61.9 Å². The fraction of sp³-hybridized carbons (Fsp3) is 0.312. The predicted molar refractivity (Wildman–Crippen MR) is 88.6 cm³/mol. The van der Waals surface area contributed by atoms with Crippen molar-refractivity contribution < 1.29 is 9.53 Å². The molecule has 7 heteroatoms. The zero-order valence-electron chi connectivity index (χ0n) is 13.3. The summed E-state index contributed by atoms with van der Waals surface area (Å²) in [7, 11) is 0. The molecule has 0 bridgehead atoms. The molecule has 3 aromatic heterocycles. The van der Waals surface area contributed by atoms with Gasteiger partial charge in [-0.2, -0.15) is 5.10 Å². The molecule has 0 saturated heterocycles. The van der Waals surface area contributed by atoms with Gasteiger partial charge in [-0.1, -0.05) is 0 Å². The van der Waals surface area contributed by atoms with Crippen molar-refractivity contribution in [3.63, 3.8) is 0 Å². The fourth-order valence-electron chi connectivity index (χ4n) is 2.48. The van der Waals surface area contributed by atoms with Gasteiger partial charge in [0.05, 0.1) is 12.4 Å². The quantitative estimate of drug-likeness (QED) is 0.652. The summed E-state index contributed by atoms with van der Waals surface area (Å²) in [5.41, 5.74) is 2.54. The Bertz CT molecular complexity index is 817. The molecule has 0 saturated carbocycles. The first kappa shape index (κ1) is 15.5. The van der Waals surface area contributed by atoms with E-state index in [1.54, 1.807) is 34.6 Å². The van der Waals surface area contributed by atoms with E-state index in [-0.39, 0.29) is 12.4 Å². The molecule has 3 rings (SSSR count). The van der Waals surface area contributed by atoms with E-state index in [1.165, 1.54) is 0 Å². The van der Waals surface area contributed by atoms with E-state index in [0.29, 0.717) is 11.3 Å². The summed E-state index contributed by atoms with van der Waals surface area (Å²) in [6.07, 6.45) is 5.16. The molecule has 120 valence electrons. The monoisotopic (exact) mass is 330 g/mol. The Morgan fingerprint density at radius 2 is 2.22 bits per heavy atom. The number of ether oxygens (including phenoxy) is 1. The van der Waals surface area contributed by atoms with Crippen molar-refractivity contribution in [3.8, 4) is 10.9 Å². The summed E-state index contributed by atoms with van der Waals surface area (Å²) in [5, 5.41) is 6.91. The average Bonchev–Trinajstić information content (AvgIpc) is 3.25. The summed E-state index contributed by atoms with van der Waals surface area (Å²) in [6, 6.07) is 1.89. The Balaban J connectivity index is 1.76. The van der Waals surface area contributed by atoms with Gasteiger partial charge in [0.25, 0.3) is 0 Å². The van der Waals surface area contributed by atoms with Crippen LogP contribution in [0.2, 0.25) is 0 Å². The van der Waals surface area contributed by atoms with Crippen LogP contribution in [0, 0.1) is 13.8 Å². The van der Waals surface area contributed by atoms with Gasteiger partial charge in [0.1, 0.15) is 0 Å². The number of rotatable bonds is 6. The van der Waals surface area contributed by atoms with Gasteiger partial charge in [0.15, 0.2) is 17.5 Å². The third kappa shape index (κ3) is 3.05. The molecule has 0 fully saturated rings. The number of ketones is 1. The lowest BCUT2D eigenvalue weighted by Crippen LogP contribution is -2.12. The normalized spacial score (nSPS) is 10.9. The first-order valence-corrected chi connectivity index (χ1v) is 8.25. The molecule has 23 heavy (non-hydrogen) atoms. The van der Waals surface area contributed by atoms with Crippen LogP contribution in [0.15, 0.2) is 30.0 Å². The molecule has 0 amide bonds. The van der Waals surface area contributed by atoms with E-state index in [0.717, 1.165) is 23.1 Å². The smallest absolute Gasteiger partial charge is 0.202 e. The Hall–Kier alpha value is -2.41. The number of aryl methyl sites for hydroxylation is 2. The van der Waals surface area contributed by atoms with Crippen LogP contribution >= 0.6 is 11.3 Å². The summed E-state index contributed by atoms with van der Waals surface area (Å²) in [6.45, 7) is 6.66. The number of aromatic nitrogens is 4. The maximum Gasteiger partial charge on any atom is 0.202 e. The molecular formula is C16H18N4O2S. The number of hydrogen-bond donors (Lipinski definition) is 0. The zero-order valence-corrected chi connectivity index (χ0v) is 14.1. The molecular weight excluding hydrogens is 312 g/mol. The van der Waals surface area contributed by atoms with Gasteiger partial charge in [-0.15, -0.1) is 11.3 Å². The van der Waals surface area contributed by atoms with Gasteiger partial charge < -0.3 is 4.74 Å². The van der Waals surface area contributed by atoms with Gasteiger partial charge in [-0.25, -0.2) is 4.98 Å². The van der Waals surface area contributed by atoms with Crippen molar-refractivity contribution in [1.82, 2.24) is 19.3 Å². The summed E-state index contributed by atoms with van der Waals surface area (Å²) in [5.74, 6) is 0.555. The Morgan fingerprint density at radius 3 is 2.87 bits per heavy atom. The predicted octanol–water partition coefficient (Wildman–Crippen LogP) is 3.03. The third-order valence-electron chi connectivity index (χ3n) is 3.65. The van der Waals surface area contributed by atoms with Gasteiger partial charge in [0.2, 0.25) is 5.78 Å². The van der Waals surface area contributed by atoms with E-state index in [9.17, 15) is 4.79 Å². The van der Waals surface area contributed by atoms with Crippen LogP contribution in [0.1, 0.15) is 28.7 Å². The highest BCUT2D eigenvalue weighted by atomic mass is 32.1. The minimum Gasteiger partial charge on any atom is -0.482 e. The summed E-state index contributed by atoms with van der Waals surface area (Å²) in [4.78, 5) is 16.8. The molecule has 0 unspecified atom stereocenters. The lowest BCUT2D eigenvalue weighted by molar-refractivity contribution is 0.0921. The molecule has 3 heterocycles. The lowest BCUT2D eigenvalue weighted by Gasteiger charge is -2.06. The van der Waals surface area contributed by atoms with Crippen LogP contribution in [0.5, 0.6) is 5.75 Å². The van der Waals surface area contributed by atoms with Crippen LogP contribution in [-0.2, 0) is 6.54 Å². The van der Waals surface area contributed by atoms with Gasteiger partial charge in [-0.3, -0.25) is 14.0 Å². The van der Waals surface area contributed by atoms with Crippen LogP contribution in [-0.4, -0.2) is 31.7 Å². The van der Waals surface area contributed by atoms with Crippen molar-refractivity contribution in [1.29, 1.82) is 0 Å². The SMILES string of the molecule is CCn1cc(OCC(=O)c2cc(C)n(-c3nccs3)c2C)cn1. The molecule has 0 aromatic carbocycles. The highest BCUT2D eigenvalue weighted by Gasteiger charge is 2.18. The highest BCUT2D eigenvalue weighted by Crippen LogP contribution is 2.22. The van der Waals surface area contributed by atoms with Crippen LogP contribution in [0.4, 0.5) is 0 Å². The average molecular weight is 330 g/mol. The number of Topliss-reactive ketones (excluding diaryl/α,β-unsaturated/α-hetero) is 1. The van der Waals surface area contributed by atoms with E-state index in [2.05, 4.69) is 10.1 Å². The molecule has 0 aliphatic carbocycles. The van der Waals surface area contributed by atoms with E-state index < -0.39 is 0 Å². The maximum atomic E-state index is 12.5. The van der Waals surface area contributed by atoms with E-state index >= 15 is 0 Å². The van der Waals surface area contributed by atoms with Gasteiger partial charge in [0, 0.05) is 35.1 Å². The minimum atomic E-state index is -0.0508. The standard InChI is InChI=1S/C16H18N4O2S/c1-4-19-9-13(8-18-19)22-10-15(21)14-7-11(2)20(12(14)3)16-17-5-6-23-16/h5-9H,4,10H2,1-3H3. The number of thiazole rings is 1. The van der Waals surface area contributed by atoms with Crippen molar-refractivity contribution >= 4 is 17.1 Å². The third-order valence-corrected chi connectivity index (χ3v) is 4.40. The Labute approximate surface area is 138 Å². The second-order valence-corrected chi connectivity index (χ2v) is 6.05. The molecule has 0 aliphatic heterocycles. The second kappa shape index (κ2) is 6.37. The van der Waals surface area contributed by atoms with Gasteiger partial charge >= 0.3 is 0 Å². The number of hydrogen-bond acceptors (Lipinski definition) is 5. The van der Waals surface area contributed by atoms with Crippen LogP contribution in [0.3, 0.4) is 0 Å². The molecule has 0 atom stereocenters. The van der Waals surface area contributed by atoms with Crippen molar-refractivity contribution in [2.75, 3.05) is 6.61 Å². The maximum absolute atomic E-state index is 12.5. The second-order valence-electron chi connectivity index (χ2n) is 5.18. The van der Waals surface area contributed by atoms with Crippen molar-refractivity contribution in [2.45, 2.75) is 27.3 Å². The summed E-state index contributed by atoms with van der Waals surface area (Å²) < 4.78 is 9.30. The number of carbonyl (C=O) groups excluding carboxylic acids is 1. The summed E-state index contributed by atoms with van der Waals surface area (Å²) >= 11 is 1.54. The first-order chi connectivity index (χ1) is 11.1. The number of carbonyl (C=O) groups is 1. The van der Waals surface area contributed by atoms with Gasteiger partial charge in [-0.05, 0) is 26.8 Å². The molecule has 6 nitrogen and oxygen atoms in total. The largest absolute Gasteiger partial charge is 0.482 e. The van der Waals surface area contributed by atoms with E-state index in [1.807, 2.05) is 36.8 Å². The highest BCUT2D eigenvalue weighted by molar-refractivity contribution is 7.12. The zero-order chi connectivity index (χ0) is 16.4. The Morgan fingerprint density at radius 1 is 1.39 bits per heavy atom. The van der Waals surface area contributed by atoms with Crippen LogP contribution in [0.25, 0.3) is 5.13 Å². The minimum absolute atomic E-state index is 0.00241. The molecule has 3 aromatic rings. The van der Waals surface area contributed by atoms with E-state index in [4.69, 9.17) is 4.74 Å². The molecule has 0 spiro atoms. The Kier molecular flexibility index (Phi) is 4.29. The molecule has 0 aliphatic rings. The first-order valence-electron chi connectivity index (χ1n) is 7.37. The van der Waals surface area contributed by atoms with Crippen molar-refractivity contribution in [2.24, 2.45) is 0 Å². The molecule has 0 N–H and O–H groups in total. The molecule has 0 radical (unpaired) electrons. The van der Waals surface area contributed by atoms with Crippen molar-refractivity contribution in [3.05, 3.63) is 47.0 Å².